The monoisotopic (exact) mass is 200 g/mol. The molecule has 4 nitrogen and oxygen atoms in total. The summed E-state index contributed by atoms with van der Waals surface area (Å²) in [5.41, 5.74) is 5.40. The highest BCUT2D eigenvalue weighted by molar-refractivity contribution is 4.62. The van der Waals surface area contributed by atoms with Crippen LogP contribution in [0, 0.1) is 0 Å². The Bertz CT molecular complexity index is 127. The molecule has 0 bridgehead atoms. The fourth-order valence-electron chi connectivity index (χ4n) is 1.20. The van der Waals surface area contributed by atoms with E-state index in [-0.39, 0.29) is 0 Å². The van der Waals surface area contributed by atoms with E-state index >= 15 is 0 Å². The van der Waals surface area contributed by atoms with Crippen LogP contribution in [0.2, 0.25) is 0 Å². The summed E-state index contributed by atoms with van der Waals surface area (Å²) >= 11 is 0. The van der Waals surface area contributed by atoms with Crippen LogP contribution in [-0.4, -0.2) is 24.8 Å². The van der Waals surface area contributed by atoms with Gasteiger partial charge in [-0.05, 0) is 25.9 Å². The van der Waals surface area contributed by atoms with Crippen LogP contribution in [0.1, 0.15) is 32.1 Å². The van der Waals surface area contributed by atoms with Gasteiger partial charge in [-0.25, -0.2) is 5.84 Å². The highest BCUT2D eigenvalue weighted by Gasteiger charge is 1.91. The van der Waals surface area contributed by atoms with E-state index in [4.69, 9.17) is 11.6 Å². The predicted octanol–water partition coefficient (Wildman–Crippen LogP) is 0.762. The number of hydrogen-bond acceptors (Lipinski definition) is 4. The second kappa shape index (κ2) is 10.5. The van der Waals surface area contributed by atoms with Crippen LogP contribution >= 0.6 is 0 Å². The van der Waals surface area contributed by atoms with Crippen molar-refractivity contribution < 1.29 is 0 Å². The van der Waals surface area contributed by atoms with Gasteiger partial charge in [-0.3, -0.25) is 5.32 Å². The molecule has 5 N–H and O–H groups in total. The van der Waals surface area contributed by atoms with Gasteiger partial charge < -0.3 is 10.7 Å². The maximum atomic E-state index is 5.49. The average Bonchev–Trinajstić information content (AvgIpc) is 2.21. The van der Waals surface area contributed by atoms with Gasteiger partial charge in [0.05, 0.1) is 6.67 Å². The lowest BCUT2D eigenvalue weighted by Gasteiger charge is -2.13. The Morgan fingerprint density at radius 1 is 1.14 bits per heavy atom. The molecule has 0 radical (unpaired) electrons. The van der Waals surface area contributed by atoms with E-state index in [0.29, 0.717) is 6.67 Å². The fraction of sp³-hybridized carbons (Fsp3) is 0.800. The third-order valence-electron chi connectivity index (χ3n) is 2.09. The van der Waals surface area contributed by atoms with Gasteiger partial charge in [0.1, 0.15) is 0 Å². The normalized spacial score (nSPS) is 10.1. The first-order valence-electron chi connectivity index (χ1n) is 5.36. The molecular weight excluding hydrogens is 176 g/mol. The van der Waals surface area contributed by atoms with Gasteiger partial charge in [0, 0.05) is 6.20 Å². The zero-order valence-electron chi connectivity index (χ0n) is 9.04. The zero-order chi connectivity index (χ0) is 10.6. The van der Waals surface area contributed by atoms with Crippen LogP contribution in [0.5, 0.6) is 0 Å². The van der Waals surface area contributed by atoms with Crippen LogP contribution < -0.4 is 16.9 Å². The molecule has 0 aliphatic rings. The van der Waals surface area contributed by atoms with Crippen LogP contribution in [0.4, 0.5) is 0 Å². The van der Waals surface area contributed by atoms with Crippen molar-refractivity contribution >= 4 is 0 Å². The quantitative estimate of drug-likeness (QED) is 0.211. The first kappa shape index (κ1) is 13.4. The third-order valence-corrected chi connectivity index (χ3v) is 2.09. The van der Waals surface area contributed by atoms with Crippen molar-refractivity contribution in [2.24, 2.45) is 11.6 Å². The minimum Gasteiger partial charge on any atom is -0.330 e. The molecule has 0 rings (SSSR count). The Morgan fingerprint density at radius 3 is 2.43 bits per heavy atom. The first-order chi connectivity index (χ1) is 6.81. The molecule has 14 heavy (non-hydrogen) atoms. The standard InChI is InChI=1S/C10H24N4/c1-2-14(12)10-13-9-7-5-3-4-6-8-11/h2,13H,1,3-12H2. The molecule has 4 heteroatoms. The number of hydrazine groups is 1. The topological polar surface area (TPSA) is 67.3 Å². The number of hydrogen-bond donors (Lipinski definition) is 3. The molecule has 0 aliphatic carbocycles. The number of nitrogens with two attached hydrogens (primary N) is 2. The summed E-state index contributed by atoms with van der Waals surface area (Å²) in [6, 6.07) is 0. The van der Waals surface area contributed by atoms with Crippen LogP contribution in [0.25, 0.3) is 0 Å². The highest BCUT2D eigenvalue weighted by Crippen LogP contribution is 2.00. The minimum absolute atomic E-state index is 0.673. The van der Waals surface area contributed by atoms with Crippen molar-refractivity contribution in [2.75, 3.05) is 19.8 Å². The molecule has 0 heterocycles. The smallest absolute Gasteiger partial charge is 0.0828 e. The average molecular weight is 200 g/mol. The van der Waals surface area contributed by atoms with Crippen molar-refractivity contribution in [2.45, 2.75) is 32.1 Å². The second-order valence-corrected chi connectivity index (χ2v) is 3.41. The van der Waals surface area contributed by atoms with Crippen molar-refractivity contribution in [3.05, 3.63) is 12.8 Å². The number of nitrogens with one attached hydrogen (secondary N) is 1. The summed E-state index contributed by atoms with van der Waals surface area (Å²) in [6.45, 7) is 6.07. The van der Waals surface area contributed by atoms with E-state index in [9.17, 15) is 0 Å². The second-order valence-electron chi connectivity index (χ2n) is 3.41. The zero-order valence-corrected chi connectivity index (χ0v) is 9.04. The Balaban J connectivity index is 2.95. The lowest BCUT2D eigenvalue weighted by atomic mass is 10.1. The fourth-order valence-corrected chi connectivity index (χ4v) is 1.20. The summed E-state index contributed by atoms with van der Waals surface area (Å²) < 4.78 is 0. The molecule has 0 unspecified atom stereocenters. The molecule has 0 saturated heterocycles. The van der Waals surface area contributed by atoms with E-state index in [2.05, 4.69) is 11.9 Å². The lowest BCUT2D eigenvalue weighted by Crippen LogP contribution is -2.35. The lowest BCUT2D eigenvalue weighted by molar-refractivity contribution is 0.354. The predicted molar refractivity (Wildman–Crippen MR) is 61.2 cm³/mol. The summed E-state index contributed by atoms with van der Waals surface area (Å²) in [5.74, 6) is 5.49. The van der Waals surface area contributed by atoms with Gasteiger partial charge in [-0.15, -0.1) is 0 Å². The molecule has 0 aromatic carbocycles. The van der Waals surface area contributed by atoms with Gasteiger partial charge in [-0.1, -0.05) is 25.8 Å². The van der Waals surface area contributed by atoms with Crippen LogP contribution in [-0.2, 0) is 0 Å². The van der Waals surface area contributed by atoms with Crippen LogP contribution in [0.15, 0.2) is 12.8 Å². The van der Waals surface area contributed by atoms with Crippen LogP contribution in [0.3, 0.4) is 0 Å². The first-order valence-corrected chi connectivity index (χ1v) is 5.36. The van der Waals surface area contributed by atoms with E-state index in [0.717, 1.165) is 19.5 Å². The Hall–Kier alpha value is -0.580. The molecule has 0 saturated carbocycles. The van der Waals surface area contributed by atoms with Gasteiger partial charge in [-0.2, -0.15) is 0 Å². The molecule has 0 aliphatic heterocycles. The molecular formula is C10H24N4. The maximum absolute atomic E-state index is 5.49. The molecule has 0 amide bonds. The summed E-state index contributed by atoms with van der Waals surface area (Å²) in [6.07, 6.45) is 7.77. The molecule has 0 fully saturated rings. The Labute approximate surface area is 87.3 Å². The molecule has 0 aromatic heterocycles. The highest BCUT2D eigenvalue weighted by atomic mass is 15.4. The van der Waals surface area contributed by atoms with E-state index in [1.165, 1.54) is 30.7 Å². The van der Waals surface area contributed by atoms with Crippen molar-refractivity contribution in [3.8, 4) is 0 Å². The van der Waals surface area contributed by atoms with E-state index in [1.54, 1.807) is 6.20 Å². The van der Waals surface area contributed by atoms with Crippen molar-refractivity contribution in [1.82, 2.24) is 10.3 Å². The van der Waals surface area contributed by atoms with Gasteiger partial charge in [0.15, 0.2) is 0 Å². The third kappa shape index (κ3) is 9.51. The molecule has 84 valence electrons. The summed E-state index contributed by atoms with van der Waals surface area (Å²) in [4.78, 5) is 0. The number of nitrogens with zero attached hydrogens (tertiary/aromatic N) is 1. The van der Waals surface area contributed by atoms with Gasteiger partial charge in [0.25, 0.3) is 0 Å². The van der Waals surface area contributed by atoms with Crippen molar-refractivity contribution in [3.63, 3.8) is 0 Å². The maximum Gasteiger partial charge on any atom is 0.0828 e. The SMILES string of the molecule is C=CN(N)CNCCCCCCCN. The van der Waals surface area contributed by atoms with Gasteiger partial charge >= 0.3 is 0 Å². The molecule has 0 aromatic rings. The largest absolute Gasteiger partial charge is 0.330 e. The Morgan fingerprint density at radius 2 is 1.79 bits per heavy atom. The number of unbranched alkanes of at least 4 members (excludes halogenated alkanes) is 4. The van der Waals surface area contributed by atoms with Gasteiger partial charge in [0.2, 0.25) is 0 Å². The number of rotatable bonds is 10. The summed E-state index contributed by atoms with van der Waals surface area (Å²) in [5, 5.41) is 4.77. The molecule has 0 spiro atoms. The van der Waals surface area contributed by atoms with E-state index < -0.39 is 0 Å². The minimum atomic E-state index is 0.673. The summed E-state index contributed by atoms with van der Waals surface area (Å²) in [7, 11) is 0. The van der Waals surface area contributed by atoms with E-state index in [1.807, 2.05) is 0 Å². The van der Waals surface area contributed by atoms with Crippen molar-refractivity contribution in [1.29, 1.82) is 0 Å². The molecule has 0 atom stereocenters. The Kier molecular flexibility index (Phi) is 10.1.